The monoisotopic (exact) mass is 266 g/mol. The van der Waals surface area contributed by atoms with Gasteiger partial charge in [-0.25, -0.2) is 0 Å². The van der Waals surface area contributed by atoms with Crippen molar-refractivity contribution in [1.29, 1.82) is 5.26 Å². The van der Waals surface area contributed by atoms with Crippen LogP contribution in [0.4, 0.5) is 0 Å². The Morgan fingerprint density at radius 3 is 2.35 bits per heavy atom. The van der Waals surface area contributed by atoms with Gasteiger partial charge in [-0.3, -0.25) is 4.79 Å². The largest absolute Gasteiger partial charge is 0.307 e. The minimum Gasteiger partial charge on any atom is -0.307 e. The van der Waals surface area contributed by atoms with Crippen LogP contribution in [0, 0.1) is 18.3 Å². The fourth-order valence-electron chi connectivity index (χ4n) is 2.14. The lowest BCUT2D eigenvalue weighted by Gasteiger charge is -2.11. The zero-order chi connectivity index (χ0) is 14.7. The fourth-order valence-corrected chi connectivity index (χ4v) is 2.14. The average Bonchev–Trinajstić information content (AvgIpc) is 2.44. The second-order valence-electron chi connectivity index (χ2n) is 5.29. The van der Waals surface area contributed by atoms with Crippen molar-refractivity contribution in [2.75, 3.05) is 0 Å². The Morgan fingerprint density at radius 1 is 1.15 bits per heavy atom. The lowest BCUT2D eigenvalue weighted by molar-refractivity contribution is 0.726. The van der Waals surface area contributed by atoms with Gasteiger partial charge in [0.25, 0.3) is 5.56 Å². The first-order chi connectivity index (χ1) is 9.52. The quantitative estimate of drug-likeness (QED) is 0.856. The molecule has 0 amide bonds. The molecule has 1 aromatic carbocycles. The number of rotatable bonds is 3. The molecular formula is C17H18N2O. The van der Waals surface area contributed by atoms with E-state index in [1.807, 2.05) is 31.2 Å². The summed E-state index contributed by atoms with van der Waals surface area (Å²) in [5.41, 5.74) is 3.18. The highest BCUT2D eigenvalue weighted by atomic mass is 16.1. The van der Waals surface area contributed by atoms with Crippen molar-refractivity contribution in [1.82, 2.24) is 4.57 Å². The van der Waals surface area contributed by atoms with E-state index in [0.717, 1.165) is 11.3 Å². The van der Waals surface area contributed by atoms with Crippen LogP contribution in [0.3, 0.4) is 0 Å². The summed E-state index contributed by atoms with van der Waals surface area (Å²) in [6.45, 7) is 6.68. The highest BCUT2D eigenvalue weighted by molar-refractivity contribution is 5.29. The Bertz CT molecular complexity index is 703. The Labute approximate surface area is 119 Å². The van der Waals surface area contributed by atoms with Crippen molar-refractivity contribution >= 4 is 0 Å². The van der Waals surface area contributed by atoms with Crippen molar-refractivity contribution < 1.29 is 0 Å². The molecule has 0 spiro atoms. The molecule has 20 heavy (non-hydrogen) atoms. The molecule has 3 nitrogen and oxygen atoms in total. The van der Waals surface area contributed by atoms with Crippen molar-refractivity contribution in [3.63, 3.8) is 0 Å². The Kier molecular flexibility index (Phi) is 4.05. The Balaban J connectivity index is 2.35. The summed E-state index contributed by atoms with van der Waals surface area (Å²) in [4.78, 5) is 12.1. The first kappa shape index (κ1) is 14.1. The average molecular weight is 266 g/mol. The zero-order valence-electron chi connectivity index (χ0n) is 12.1. The van der Waals surface area contributed by atoms with Crippen LogP contribution in [0.25, 0.3) is 0 Å². The first-order valence-corrected chi connectivity index (χ1v) is 6.72. The van der Waals surface area contributed by atoms with E-state index in [1.54, 1.807) is 10.6 Å². The van der Waals surface area contributed by atoms with Crippen molar-refractivity contribution in [2.24, 2.45) is 0 Å². The van der Waals surface area contributed by atoms with Crippen LogP contribution < -0.4 is 5.56 Å². The highest BCUT2D eigenvalue weighted by Crippen LogP contribution is 2.15. The SMILES string of the molecule is Cc1ccc(C#N)c(=O)n1Cc1ccc(C(C)C)cc1. The summed E-state index contributed by atoms with van der Waals surface area (Å²) >= 11 is 0. The molecule has 0 fully saturated rings. The summed E-state index contributed by atoms with van der Waals surface area (Å²) in [6.07, 6.45) is 0. The van der Waals surface area contributed by atoms with E-state index in [0.29, 0.717) is 12.5 Å². The number of hydrogen-bond acceptors (Lipinski definition) is 2. The molecular weight excluding hydrogens is 248 g/mol. The van der Waals surface area contributed by atoms with E-state index >= 15 is 0 Å². The number of pyridine rings is 1. The number of aromatic nitrogens is 1. The lowest BCUT2D eigenvalue weighted by atomic mass is 10.0. The van der Waals surface area contributed by atoms with Gasteiger partial charge in [-0.2, -0.15) is 5.26 Å². The topological polar surface area (TPSA) is 45.8 Å². The molecule has 0 saturated carbocycles. The molecule has 0 atom stereocenters. The number of nitriles is 1. The van der Waals surface area contributed by atoms with Gasteiger partial charge in [0, 0.05) is 5.69 Å². The van der Waals surface area contributed by atoms with E-state index in [9.17, 15) is 4.79 Å². The van der Waals surface area contributed by atoms with Gasteiger partial charge in [0.2, 0.25) is 0 Å². The molecule has 3 heteroatoms. The van der Waals surface area contributed by atoms with Gasteiger partial charge in [0.15, 0.2) is 0 Å². The van der Waals surface area contributed by atoms with Gasteiger partial charge in [-0.15, -0.1) is 0 Å². The predicted molar refractivity (Wildman–Crippen MR) is 79.8 cm³/mol. The molecule has 0 N–H and O–H groups in total. The predicted octanol–water partition coefficient (Wildman–Crippen LogP) is 3.20. The molecule has 2 rings (SSSR count). The molecule has 0 aliphatic carbocycles. The fraction of sp³-hybridized carbons (Fsp3) is 0.294. The van der Waals surface area contributed by atoms with Crippen LogP contribution in [-0.4, -0.2) is 4.57 Å². The summed E-state index contributed by atoms with van der Waals surface area (Å²) < 4.78 is 1.64. The Hall–Kier alpha value is -2.34. The third-order valence-electron chi connectivity index (χ3n) is 3.50. The molecule has 1 heterocycles. The molecule has 0 aliphatic heterocycles. The first-order valence-electron chi connectivity index (χ1n) is 6.72. The number of nitrogens with zero attached hydrogens (tertiary/aromatic N) is 2. The van der Waals surface area contributed by atoms with Crippen LogP contribution in [0.15, 0.2) is 41.2 Å². The van der Waals surface area contributed by atoms with E-state index < -0.39 is 0 Å². The van der Waals surface area contributed by atoms with Gasteiger partial charge in [-0.05, 0) is 36.1 Å². The molecule has 0 unspecified atom stereocenters. The maximum Gasteiger partial charge on any atom is 0.268 e. The minimum atomic E-state index is -0.222. The van der Waals surface area contributed by atoms with Gasteiger partial charge in [-0.1, -0.05) is 38.1 Å². The van der Waals surface area contributed by atoms with E-state index in [4.69, 9.17) is 5.26 Å². The van der Waals surface area contributed by atoms with Crippen LogP contribution in [-0.2, 0) is 6.54 Å². The van der Waals surface area contributed by atoms with E-state index in [-0.39, 0.29) is 11.1 Å². The molecule has 1 aromatic heterocycles. The van der Waals surface area contributed by atoms with Crippen molar-refractivity contribution in [3.05, 3.63) is 69.1 Å². The third kappa shape index (κ3) is 2.80. The number of benzene rings is 1. The summed E-state index contributed by atoms with van der Waals surface area (Å²) in [5.74, 6) is 0.496. The standard InChI is InChI=1S/C17H18N2O/c1-12(2)15-8-5-14(6-9-15)11-19-13(3)4-7-16(10-18)17(19)20/h4-9,12H,11H2,1-3H3. The summed E-state index contributed by atoms with van der Waals surface area (Å²) in [7, 11) is 0. The maximum atomic E-state index is 12.1. The van der Waals surface area contributed by atoms with Gasteiger partial charge in [0.05, 0.1) is 6.54 Å². The molecule has 2 aromatic rings. The van der Waals surface area contributed by atoms with Crippen LogP contribution >= 0.6 is 0 Å². The number of aryl methyl sites for hydroxylation is 1. The van der Waals surface area contributed by atoms with Crippen molar-refractivity contribution in [3.8, 4) is 6.07 Å². The second-order valence-corrected chi connectivity index (χ2v) is 5.29. The summed E-state index contributed by atoms with van der Waals surface area (Å²) in [6, 6.07) is 13.6. The normalized spacial score (nSPS) is 10.6. The lowest BCUT2D eigenvalue weighted by Crippen LogP contribution is -2.24. The molecule has 102 valence electrons. The van der Waals surface area contributed by atoms with E-state index in [1.165, 1.54) is 5.56 Å². The van der Waals surface area contributed by atoms with Crippen LogP contribution in [0.2, 0.25) is 0 Å². The third-order valence-corrected chi connectivity index (χ3v) is 3.50. The van der Waals surface area contributed by atoms with Gasteiger partial charge >= 0.3 is 0 Å². The number of hydrogen-bond donors (Lipinski definition) is 0. The van der Waals surface area contributed by atoms with E-state index in [2.05, 4.69) is 26.0 Å². The molecule has 0 aliphatic rings. The van der Waals surface area contributed by atoms with Gasteiger partial charge < -0.3 is 4.57 Å². The van der Waals surface area contributed by atoms with Crippen LogP contribution in [0.1, 0.15) is 42.1 Å². The zero-order valence-corrected chi connectivity index (χ0v) is 12.1. The Morgan fingerprint density at radius 2 is 1.80 bits per heavy atom. The molecule has 0 radical (unpaired) electrons. The smallest absolute Gasteiger partial charge is 0.268 e. The molecule has 0 saturated heterocycles. The van der Waals surface area contributed by atoms with Crippen LogP contribution in [0.5, 0.6) is 0 Å². The minimum absolute atomic E-state index is 0.189. The highest BCUT2D eigenvalue weighted by Gasteiger charge is 2.07. The van der Waals surface area contributed by atoms with Gasteiger partial charge in [0.1, 0.15) is 11.6 Å². The molecule has 0 bridgehead atoms. The summed E-state index contributed by atoms with van der Waals surface area (Å²) in [5, 5.41) is 8.93. The van der Waals surface area contributed by atoms with Crippen molar-refractivity contribution in [2.45, 2.75) is 33.2 Å². The maximum absolute atomic E-state index is 12.1. The second kappa shape index (κ2) is 5.75.